The van der Waals surface area contributed by atoms with Crippen LogP contribution < -0.4 is 5.43 Å². The molecule has 1 heterocycles. The molecule has 1 aromatic heterocycles. The summed E-state index contributed by atoms with van der Waals surface area (Å²) in [4.78, 5) is 12.3. The van der Waals surface area contributed by atoms with Crippen molar-refractivity contribution < 1.29 is 4.79 Å². The summed E-state index contributed by atoms with van der Waals surface area (Å²) < 4.78 is 3.26. The predicted molar refractivity (Wildman–Crippen MR) is 132 cm³/mol. The quantitative estimate of drug-likeness (QED) is 0.345. The summed E-state index contributed by atoms with van der Waals surface area (Å²) in [7, 11) is 0. The SMILES string of the molecule is Cc1ccc(-n2c(C)cc(C=NNC(=O)Cc3ccc(C(C)(C)C)cc3)c2C)cc1Br. The molecule has 31 heavy (non-hydrogen) atoms. The first-order chi connectivity index (χ1) is 14.6. The second-order valence-corrected chi connectivity index (χ2v) is 9.87. The number of benzene rings is 2. The van der Waals surface area contributed by atoms with Gasteiger partial charge >= 0.3 is 0 Å². The highest BCUT2D eigenvalue weighted by Gasteiger charge is 2.13. The number of carbonyl (C=O) groups is 1. The lowest BCUT2D eigenvalue weighted by Gasteiger charge is -2.19. The summed E-state index contributed by atoms with van der Waals surface area (Å²) in [6.45, 7) is 12.7. The molecule has 0 aliphatic heterocycles. The number of aryl methyl sites for hydroxylation is 2. The molecule has 0 fully saturated rings. The van der Waals surface area contributed by atoms with E-state index in [4.69, 9.17) is 0 Å². The van der Waals surface area contributed by atoms with E-state index in [1.165, 1.54) is 11.1 Å². The molecule has 1 N–H and O–H groups in total. The van der Waals surface area contributed by atoms with Crippen molar-refractivity contribution in [2.75, 3.05) is 0 Å². The molecule has 0 bridgehead atoms. The number of carbonyl (C=O) groups excluding carboxylic acids is 1. The van der Waals surface area contributed by atoms with Gasteiger partial charge in [-0.1, -0.05) is 67.0 Å². The predicted octanol–water partition coefficient (Wildman–Crippen LogP) is 6.16. The van der Waals surface area contributed by atoms with Gasteiger partial charge in [0.15, 0.2) is 0 Å². The number of nitrogens with zero attached hydrogens (tertiary/aromatic N) is 2. The smallest absolute Gasteiger partial charge is 0.244 e. The minimum atomic E-state index is -0.129. The van der Waals surface area contributed by atoms with E-state index in [9.17, 15) is 4.79 Å². The number of hydrazone groups is 1. The Morgan fingerprint density at radius 2 is 1.74 bits per heavy atom. The zero-order valence-corrected chi connectivity index (χ0v) is 20.7. The normalized spacial score (nSPS) is 11.8. The van der Waals surface area contributed by atoms with Crippen LogP contribution in [0, 0.1) is 20.8 Å². The van der Waals surface area contributed by atoms with Gasteiger partial charge in [-0.2, -0.15) is 5.10 Å². The second-order valence-electron chi connectivity index (χ2n) is 9.01. The fourth-order valence-corrected chi connectivity index (χ4v) is 3.92. The maximum atomic E-state index is 12.3. The number of rotatable bonds is 5. The van der Waals surface area contributed by atoms with Gasteiger partial charge in [0.1, 0.15) is 0 Å². The van der Waals surface area contributed by atoms with Gasteiger partial charge in [-0.15, -0.1) is 0 Å². The molecule has 3 rings (SSSR count). The van der Waals surface area contributed by atoms with Crippen molar-refractivity contribution >= 4 is 28.1 Å². The Kier molecular flexibility index (Phi) is 6.85. The summed E-state index contributed by atoms with van der Waals surface area (Å²) in [5, 5.41) is 4.19. The van der Waals surface area contributed by atoms with Crippen LogP contribution in [-0.4, -0.2) is 16.7 Å². The number of hydrogen-bond acceptors (Lipinski definition) is 2. The van der Waals surface area contributed by atoms with Crippen LogP contribution in [0.2, 0.25) is 0 Å². The van der Waals surface area contributed by atoms with Gasteiger partial charge in [-0.05, 0) is 61.1 Å². The van der Waals surface area contributed by atoms with Crippen molar-refractivity contribution in [3.05, 3.63) is 86.6 Å². The Bertz CT molecular complexity index is 1120. The average Bonchev–Trinajstić information content (AvgIpc) is 2.97. The molecule has 0 atom stereocenters. The van der Waals surface area contributed by atoms with Crippen molar-refractivity contribution in [2.24, 2.45) is 5.10 Å². The largest absolute Gasteiger partial charge is 0.318 e. The maximum Gasteiger partial charge on any atom is 0.244 e. The van der Waals surface area contributed by atoms with E-state index in [2.05, 4.69) is 109 Å². The number of halogens is 1. The molecule has 0 aliphatic rings. The standard InChI is InChI=1S/C26H30BrN3O/c1-17-7-12-23(15-24(17)27)30-18(2)13-21(19(30)3)16-28-29-25(31)14-20-8-10-22(11-9-20)26(4,5)6/h7-13,15-16H,14H2,1-6H3,(H,29,31). The molecule has 0 saturated heterocycles. The molecular weight excluding hydrogens is 450 g/mol. The van der Waals surface area contributed by atoms with Crippen LogP contribution in [0.25, 0.3) is 5.69 Å². The van der Waals surface area contributed by atoms with E-state index < -0.39 is 0 Å². The van der Waals surface area contributed by atoms with Crippen molar-refractivity contribution in [2.45, 2.75) is 53.4 Å². The van der Waals surface area contributed by atoms with Crippen LogP contribution in [0.3, 0.4) is 0 Å². The Labute approximate surface area is 193 Å². The third kappa shape index (κ3) is 5.53. The van der Waals surface area contributed by atoms with Crippen molar-refractivity contribution in [3.63, 3.8) is 0 Å². The van der Waals surface area contributed by atoms with Crippen LogP contribution in [0.1, 0.15) is 54.4 Å². The van der Waals surface area contributed by atoms with E-state index in [1.807, 2.05) is 12.1 Å². The van der Waals surface area contributed by atoms with Crippen LogP contribution >= 0.6 is 15.9 Å². The molecule has 0 radical (unpaired) electrons. The number of nitrogens with one attached hydrogen (secondary N) is 1. The van der Waals surface area contributed by atoms with Gasteiger partial charge in [0.05, 0.1) is 12.6 Å². The summed E-state index contributed by atoms with van der Waals surface area (Å²) in [5.41, 5.74) is 10.4. The molecule has 0 unspecified atom stereocenters. The van der Waals surface area contributed by atoms with Gasteiger partial charge in [0, 0.05) is 27.1 Å². The molecule has 0 spiro atoms. The highest BCUT2D eigenvalue weighted by molar-refractivity contribution is 9.10. The fourth-order valence-electron chi connectivity index (χ4n) is 3.56. The summed E-state index contributed by atoms with van der Waals surface area (Å²) in [5.74, 6) is -0.129. The van der Waals surface area contributed by atoms with E-state index in [0.717, 1.165) is 32.7 Å². The van der Waals surface area contributed by atoms with E-state index in [-0.39, 0.29) is 11.3 Å². The summed E-state index contributed by atoms with van der Waals surface area (Å²) in [6, 6.07) is 16.6. The number of hydrogen-bond donors (Lipinski definition) is 1. The van der Waals surface area contributed by atoms with Crippen LogP contribution in [0.15, 0.2) is 58.1 Å². The molecule has 162 valence electrons. The first-order valence-electron chi connectivity index (χ1n) is 10.4. The van der Waals surface area contributed by atoms with Crippen molar-refractivity contribution in [3.8, 4) is 5.69 Å². The Morgan fingerprint density at radius 3 is 2.35 bits per heavy atom. The fraction of sp³-hybridized carbons (Fsp3) is 0.308. The third-order valence-electron chi connectivity index (χ3n) is 5.46. The van der Waals surface area contributed by atoms with E-state index in [1.54, 1.807) is 6.21 Å². The number of aromatic nitrogens is 1. The first kappa shape index (κ1) is 23.0. The van der Waals surface area contributed by atoms with Gasteiger partial charge in [0.2, 0.25) is 5.91 Å². The van der Waals surface area contributed by atoms with E-state index in [0.29, 0.717) is 6.42 Å². The van der Waals surface area contributed by atoms with Crippen LogP contribution in [0.4, 0.5) is 0 Å². The highest BCUT2D eigenvalue weighted by atomic mass is 79.9. The average molecular weight is 480 g/mol. The Morgan fingerprint density at radius 1 is 1.06 bits per heavy atom. The third-order valence-corrected chi connectivity index (χ3v) is 6.32. The van der Waals surface area contributed by atoms with Gasteiger partial charge in [-0.3, -0.25) is 4.79 Å². The Hall–Kier alpha value is -2.66. The maximum absolute atomic E-state index is 12.3. The van der Waals surface area contributed by atoms with E-state index >= 15 is 0 Å². The molecule has 1 amide bonds. The van der Waals surface area contributed by atoms with Gasteiger partial charge in [0.25, 0.3) is 0 Å². The van der Waals surface area contributed by atoms with Crippen molar-refractivity contribution in [1.82, 2.24) is 9.99 Å². The number of amides is 1. The molecule has 5 heteroatoms. The lowest BCUT2D eigenvalue weighted by Crippen LogP contribution is -2.20. The molecular formula is C26H30BrN3O. The highest BCUT2D eigenvalue weighted by Crippen LogP contribution is 2.25. The minimum Gasteiger partial charge on any atom is -0.318 e. The lowest BCUT2D eigenvalue weighted by molar-refractivity contribution is -0.120. The summed E-state index contributed by atoms with van der Waals surface area (Å²) in [6.07, 6.45) is 2.01. The first-order valence-corrected chi connectivity index (χ1v) is 11.2. The summed E-state index contributed by atoms with van der Waals surface area (Å²) >= 11 is 3.61. The minimum absolute atomic E-state index is 0.103. The lowest BCUT2D eigenvalue weighted by atomic mass is 9.86. The van der Waals surface area contributed by atoms with Gasteiger partial charge in [-0.25, -0.2) is 5.43 Å². The molecule has 3 aromatic rings. The molecule has 2 aromatic carbocycles. The second kappa shape index (κ2) is 9.23. The zero-order valence-electron chi connectivity index (χ0n) is 19.1. The zero-order chi connectivity index (χ0) is 22.8. The Balaban J connectivity index is 1.67. The molecule has 4 nitrogen and oxygen atoms in total. The topological polar surface area (TPSA) is 46.4 Å². The molecule has 0 aliphatic carbocycles. The molecule has 0 saturated carbocycles. The van der Waals surface area contributed by atoms with Crippen LogP contribution in [-0.2, 0) is 16.6 Å². The van der Waals surface area contributed by atoms with Gasteiger partial charge < -0.3 is 4.57 Å². The van der Waals surface area contributed by atoms with Crippen LogP contribution in [0.5, 0.6) is 0 Å². The van der Waals surface area contributed by atoms with Crippen molar-refractivity contribution in [1.29, 1.82) is 0 Å². The monoisotopic (exact) mass is 479 g/mol.